The third-order valence-electron chi connectivity index (χ3n) is 2.92. The van der Waals surface area contributed by atoms with E-state index in [1.807, 2.05) is 6.92 Å². The Balaban J connectivity index is 1.91. The summed E-state index contributed by atoms with van der Waals surface area (Å²) in [5, 5.41) is 16.8. The number of hydrogen-bond acceptors (Lipinski definition) is 8. The average Bonchev–Trinajstić information content (AvgIpc) is 3.11. The maximum atomic E-state index is 12.1. The van der Waals surface area contributed by atoms with Crippen LogP contribution in [0.5, 0.6) is 0 Å². The van der Waals surface area contributed by atoms with Crippen LogP contribution in [0.25, 0.3) is 0 Å². The standard InChI is InChI=1S/C15H17N5O2S3/c1-8(2)12(22)20-14-18-10(7-24-14)6-11(21)19-15-17-9(3)13(25-15)23-5-4-16/h7-8H,5-6H2,1-3H3,(H,17,19,21)(H,18,20,22). The molecule has 0 aromatic carbocycles. The Morgan fingerprint density at radius 1 is 1.32 bits per heavy atom. The maximum Gasteiger partial charge on any atom is 0.232 e. The lowest BCUT2D eigenvalue weighted by atomic mass is 10.2. The van der Waals surface area contributed by atoms with Crippen LogP contribution in [0.1, 0.15) is 25.2 Å². The maximum absolute atomic E-state index is 12.1. The zero-order valence-electron chi connectivity index (χ0n) is 14.0. The normalized spacial score (nSPS) is 10.5. The monoisotopic (exact) mass is 395 g/mol. The number of rotatable bonds is 7. The SMILES string of the molecule is Cc1nc(NC(=O)Cc2csc(NC(=O)C(C)C)n2)sc1SCC#N. The number of aromatic nitrogens is 2. The zero-order valence-corrected chi connectivity index (χ0v) is 16.4. The minimum absolute atomic E-state index is 0.105. The summed E-state index contributed by atoms with van der Waals surface area (Å²) < 4.78 is 0.921. The fourth-order valence-electron chi connectivity index (χ4n) is 1.69. The van der Waals surface area contributed by atoms with Gasteiger partial charge in [-0.1, -0.05) is 36.9 Å². The number of carbonyl (C=O) groups excluding carboxylic acids is 2. The smallest absolute Gasteiger partial charge is 0.232 e. The molecule has 0 saturated carbocycles. The van der Waals surface area contributed by atoms with Crippen molar-refractivity contribution >= 4 is 56.5 Å². The first-order valence-corrected chi connectivity index (χ1v) is 10.1. The predicted octanol–water partition coefficient (Wildman–Crippen LogP) is 3.30. The van der Waals surface area contributed by atoms with Gasteiger partial charge in [0.1, 0.15) is 0 Å². The van der Waals surface area contributed by atoms with Crippen molar-refractivity contribution < 1.29 is 9.59 Å². The van der Waals surface area contributed by atoms with Gasteiger partial charge >= 0.3 is 0 Å². The van der Waals surface area contributed by atoms with E-state index in [-0.39, 0.29) is 24.2 Å². The molecule has 0 spiro atoms. The minimum Gasteiger partial charge on any atom is -0.302 e. The summed E-state index contributed by atoms with van der Waals surface area (Å²) >= 11 is 4.04. The van der Waals surface area contributed by atoms with Gasteiger partial charge in [-0.05, 0) is 6.92 Å². The van der Waals surface area contributed by atoms with Crippen molar-refractivity contribution in [1.82, 2.24) is 9.97 Å². The van der Waals surface area contributed by atoms with E-state index in [9.17, 15) is 9.59 Å². The van der Waals surface area contributed by atoms with Gasteiger partial charge in [-0.15, -0.1) is 11.3 Å². The molecule has 0 saturated heterocycles. The van der Waals surface area contributed by atoms with Crippen molar-refractivity contribution in [3.05, 3.63) is 16.8 Å². The highest BCUT2D eigenvalue weighted by Crippen LogP contribution is 2.31. The summed E-state index contributed by atoms with van der Waals surface area (Å²) in [4.78, 5) is 32.3. The Morgan fingerprint density at radius 2 is 2.08 bits per heavy atom. The highest BCUT2D eigenvalue weighted by atomic mass is 32.2. The Labute approximate surface area is 157 Å². The number of amides is 2. The van der Waals surface area contributed by atoms with Crippen molar-refractivity contribution in [2.45, 2.75) is 31.4 Å². The van der Waals surface area contributed by atoms with Crippen LogP contribution in [0.4, 0.5) is 10.3 Å². The summed E-state index contributed by atoms with van der Waals surface area (Å²) in [6.07, 6.45) is 0.105. The van der Waals surface area contributed by atoms with Gasteiger partial charge in [-0.25, -0.2) is 9.97 Å². The number of nitriles is 1. The first kappa shape index (κ1) is 19.4. The van der Waals surface area contributed by atoms with Gasteiger partial charge < -0.3 is 10.6 Å². The average molecular weight is 396 g/mol. The molecule has 0 fully saturated rings. The molecule has 0 aliphatic heterocycles. The summed E-state index contributed by atoms with van der Waals surface area (Å²) in [7, 11) is 0. The molecule has 10 heteroatoms. The van der Waals surface area contributed by atoms with E-state index in [0.29, 0.717) is 21.7 Å². The molecule has 0 bridgehead atoms. The quantitative estimate of drug-likeness (QED) is 0.697. The molecule has 0 radical (unpaired) electrons. The molecular formula is C15H17N5O2S3. The van der Waals surface area contributed by atoms with Gasteiger partial charge in [0.05, 0.1) is 33.8 Å². The zero-order chi connectivity index (χ0) is 18.4. The van der Waals surface area contributed by atoms with E-state index < -0.39 is 0 Å². The summed E-state index contributed by atoms with van der Waals surface area (Å²) in [5.74, 6) is -0.111. The molecular weight excluding hydrogens is 378 g/mol. The fraction of sp³-hybridized carbons (Fsp3) is 0.400. The van der Waals surface area contributed by atoms with Gasteiger partial charge in [-0.2, -0.15) is 5.26 Å². The van der Waals surface area contributed by atoms with E-state index in [1.165, 1.54) is 34.4 Å². The van der Waals surface area contributed by atoms with Crippen LogP contribution in [0, 0.1) is 24.2 Å². The van der Waals surface area contributed by atoms with E-state index >= 15 is 0 Å². The van der Waals surface area contributed by atoms with Gasteiger partial charge in [0.2, 0.25) is 11.8 Å². The number of anilines is 2. The second kappa shape index (κ2) is 8.94. The van der Waals surface area contributed by atoms with E-state index in [0.717, 1.165) is 9.90 Å². The van der Waals surface area contributed by atoms with Crippen molar-refractivity contribution in [3.63, 3.8) is 0 Å². The predicted molar refractivity (Wildman–Crippen MR) is 101 cm³/mol. The van der Waals surface area contributed by atoms with Crippen LogP contribution in [0.15, 0.2) is 9.59 Å². The van der Waals surface area contributed by atoms with Crippen LogP contribution in [-0.2, 0) is 16.0 Å². The first-order chi connectivity index (χ1) is 11.9. The topological polar surface area (TPSA) is 108 Å². The van der Waals surface area contributed by atoms with Gasteiger partial charge in [0.25, 0.3) is 0 Å². The molecule has 2 aromatic heterocycles. The lowest BCUT2D eigenvalue weighted by Crippen LogP contribution is -2.18. The van der Waals surface area contributed by atoms with Crippen LogP contribution in [0.3, 0.4) is 0 Å². The molecule has 2 amide bonds. The number of nitrogens with one attached hydrogen (secondary N) is 2. The summed E-state index contributed by atoms with van der Waals surface area (Å²) in [6.45, 7) is 5.45. The molecule has 132 valence electrons. The summed E-state index contributed by atoms with van der Waals surface area (Å²) in [5.41, 5.74) is 1.39. The summed E-state index contributed by atoms with van der Waals surface area (Å²) in [6, 6.07) is 2.07. The highest BCUT2D eigenvalue weighted by molar-refractivity contribution is 8.01. The molecule has 2 rings (SSSR count). The third kappa shape index (κ3) is 5.81. The van der Waals surface area contributed by atoms with E-state index in [2.05, 4.69) is 26.7 Å². The minimum atomic E-state index is -0.224. The molecule has 0 unspecified atom stereocenters. The van der Waals surface area contributed by atoms with Crippen molar-refractivity contribution in [3.8, 4) is 6.07 Å². The largest absolute Gasteiger partial charge is 0.302 e. The Morgan fingerprint density at radius 3 is 2.76 bits per heavy atom. The van der Waals surface area contributed by atoms with Gasteiger partial charge in [0, 0.05) is 11.3 Å². The molecule has 0 aliphatic carbocycles. The fourth-order valence-corrected chi connectivity index (χ4v) is 4.22. The van der Waals surface area contributed by atoms with Gasteiger partial charge in [0.15, 0.2) is 10.3 Å². The van der Waals surface area contributed by atoms with Crippen molar-refractivity contribution in [1.29, 1.82) is 5.26 Å². The Bertz CT molecular complexity index is 806. The third-order valence-corrected chi connectivity index (χ3v) is 6.02. The molecule has 7 nitrogen and oxygen atoms in total. The number of hydrogen-bond donors (Lipinski definition) is 2. The number of nitrogens with zero attached hydrogens (tertiary/aromatic N) is 3. The number of aryl methyl sites for hydroxylation is 1. The second-order valence-electron chi connectivity index (χ2n) is 5.35. The van der Waals surface area contributed by atoms with E-state index in [4.69, 9.17) is 5.26 Å². The van der Waals surface area contributed by atoms with Crippen molar-refractivity contribution in [2.24, 2.45) is 5.92 Å². The molecule has 2 aromatic rings. The molecule has 25 heavy (non-hydrogen) atoms. The lowest BCUT2D eigenvalue weighted by Gasteiger charge is -2.03. The molecule has 2 N–H and O–H groups in total. The molecule has 2 heterocycles. The van der Waals surface area contributed by atoms with Gasteiger partial charge in [-0.3, -0.25) is 9.59 Å². The molecule has 0 atom stereocenters. The van der Waals surface area contributed by atoms with Crippen LogP contribution in [0.2, 0.25) is 0 Å². The van der Waals surface area contributed by atoms with E-state index in [1.54, 1.807) is 19.2 Å². The lowest BCUT2D eigenvalue weighted by molar-refractivity contribution is -0.119. The van der Waals surface area contributed by atoms with Crippen LogP contribution >= 0.6 is 34.4 Å². The van der Waals surface area contributed by atoms with Crippen molar-refractivity contribution in [2.75, 3.05) is 16.4 Å². The highest BCUT2D eigenvalue weighted by Gasteiger charge is 2.14. The second-order valence-corrected chi connectivity index (χ2v) is 8.45. The van der Waals surface area contributed by atoms with Crippen LogP contribution < -0.4 is 10.6 Å². The number of thiazole rings is 2. The molecule has 0 aliphatic rings. The first-order valence-electron chi connectivity index (χ1n) is 7.41. The Hall–Kier alpha value is -1.96. The Kier molecular flexibility index (Phi) is 6.92. The van der Waals surface area contributed by atoms with Crippen LogP contribution in [-0.4, -0.2) is 27.5 Å². The number of thioether (sulfide) groups is 1. The number of carbonyl (C=O) groups is 2.